The van der Waals surface area contributed by atoms with Gasteiger partial charge in [0.1, 0.15) is 5.76 Å². The van der Waals surface area contributed by atoms with Gasteiger partial charge in [0.15, 0.2) is 0 Å². The highest BCUT2D eigenvalue weighted by Gasteiger charge is 2.16. The summed E-state index contributed by atoms with van der Waals surface area (Å²) in [6, 6.07) is 13.6. The first kappa shape index (κ1) is 16.5. The first-order chi connectivity index (χ1) is 11.6. The van der Waals surface area contributed by atoms with Gasteiger partial charge in [-0.2, -0.15) is 0 Å². The van der Waals surface area contributed by atoms with Crippen molar-refractivity contribution in [1.82, 2.24) is 4.57 Å². The van der Waals surface area contributed by atoms with E-state index < -0.39 is 0 Å². The summed E-state index contributed by atoms with van der Waals surface area (Å²) < 4.78 is 7.50. The van der Waals surface area contributed by atoms with Gasteiger partial charge in [0.25, 0.3) is 5.91 Å². The predicted molar refractivity (Wildman–Crippen MR) is 97.9 cm³/mol. The van der Waals surface area contributed by atoms with Gasteiger partial charge in [-0.05, 0) is 56.5 Å². The van der Waals surface area contributed by atoms with Crippen LogP contribution in [0.15, 0.2) is 58.0 Å². The molecule has 4 nitrogen and oxygen atoms in total. The number of carbonyl (C=O) groups is 1. The molecule has 24 heavy (non-hydrogen) atoms. The molecule has 1 aromatic carbocycles. The van der Waals surface area contributed by atoms with Gasteiger partial charge < -0.3 is 14.3 Å². The van der Waals surface area contributed by atoms with Crippen LogP contribution >= 0.6 is 11.8 Å². The molecule has 2 aromatic heterocycles. The number of nitrogens with zero attached hydrogens (tertiary/aromatic N) is 1. The van der Waals surface area contributed by atoms with Crippen molar-refractivity contribution < 1.29 is 9.21 Å². The van der Waals surface area contributed by atoms with Crippen molar-refractivity contribution in [2.24, 2.45) is 0 Å². The van der Waals surface area contributed by atoms with Crippen LogP contribution in [0.3, 0.4) is 0 Å². The first-order valence-electron chi connectivity index (χ1n) is 7.73. The average Bonchev–Trinajstić information content (AvgIpc) is 3.18. The molecule has 0 aliphatic rings. The highest BCUT2D eigenvalue weighted by Crippen LogP contribution is 2.22. The fourth-order valence-corrected chi connectivity index (χ4v) is 3.19. The molecular formula is C19H20N2O2S. The van der Waals surface area contributed by atoms with Gasteiger partial charge in [-0.25, -0.2) is 0 Å². The lowest BCUT2D eigenvalue weighted by Gasteiger charge is -2.09. The Morgan fingerprint density at radius 3 is 2.75 bits per heavy atom. The van der Waals surface area contributed by atoms with Gasteiger partial charge in [-0.3, -0.25) is 4.79 Å². The van der Waals surface area contributed by atoms with Gasteiger partial charge in [0.05, 0.1) is 18.4 Å². The van der Waals surface area contributed by atoms with Crippen LogP contribution in [0.4, 0.5) is 5.69 Å². The number of nitrogens with one attached hydrogen (secondary N) is 1. The van der Waals surface area contributed by atoms with E-state index in [9.17, 15) is 4.79 Å². The van der Waals surface area contributed by atoms with Crippen LogP contribution in [0.1, 0.15) is 27.5 Å². The maximum Gasteiger partial charge on any atom is 0.257 e. The summed E-state index contributed by atoms with van der Waals surface area (Å²) >= 11 is 1.65. The lowest BCUT2D eigenvalue weighted by atomic mass is 10.2. The summed E-state index contributed by atoms with van der Waals surface area (Å²) in [4.78, 5) is 13.8. The molecule has 0 fully saturated rings. The number of furan rings is 1. The minimum Gasteiger partial charge on any atom is -0.467 e. The number of rotatable bonds is 5. The van der Waals surface area contributed by atoms with E-state index in [2.05, 4.69) is 9.88 Å². The van der Waals surface area contributed by atoms with Crippen molar-refractivity contribution in [3.05, 3.63) is 71.4 Å². The Balaban J connectivity index is 1.82. The number of thioether (sulfide) groups is 1. The number of hydrogen-bond donors (Lipinski definition) is 1. The van der Waals surface area contributed by atoms with Crippen molar-refractivity contribution in [3.63, 3.8) is 0 Å². The number of aromatic nitrogens is 1. The molecule has 0 aliphatic carbocycles. The van der Waals surface area contributed by atoms with E-state index in [0.717, 1.165) is 27.7 Å². The zero-order valence-corrected chi connectivity index (χ0v) is 14.8. The van der Waals surface area contributed by atoms with Crippen LogP contribution < -0.4 is 5.32 Å². The third kappa shape index (κ3) is 3.41. The van der Waals surface area contributed by atoms with Crippen molar-refractivity contribution >= 4 is 23.4 Å². The molecule has 0 bridgehead atoms. The summed E-state index contributed by atoms with van der Waals surface area (Å²) in [5.74, 6) is 0.781. The molecule has 3 aromatic rings. The minimum absolute atomic E-state index is 0.0907. The monoisotopic (exact) mass is 340 g/mol. The van der Waals surface area contributed by atoms with Crippen LogP contribution in [-0.4, -0.2) is 16.7 Å². The normalized spacial score (nSPS) is 10.8. The van der Waals surface area contributed by atoms with Crippen LogP contribution in [0.25, 0.3) is 0 Å². The molecular weight excluding hydrogens is 320 g/mol. The van der Waals surface area contributed by atoms with E-state index in [1.807, 2.05) is 62.6 Å². The standard InChI is InChI=1S/C19H20N2O2S/c1-13-10-18(14(2)21(13)12-16-7-5-9-23-16)19(22)20-15-6-4-8-17(11-15)24-3/h4-11H,12H2,1-3H3,(H,20,22). The molecule has 5 heteroatoms. The Kier molecular flexibility index (Phi) is 4.81. The number of carbonyl (C=O) groups excluding carboxylic acids is 1. The van der Waals surface area contributed by atoms with Crippen molar-refractivity contribution in [2.75, 3.05) is 11.6 Å². The number of hydrogen-bond acceptors (Lipinski definition) is 3. The molecule has 0 saturated heterocycles. The summed E-state index contributed by atoms with van der Waals surface area (Å²) in [5, 5.41) is 2.98. The molecule has 3 rings (SSSR count). The van der Waals surface area contributed by atoms with Gasteiger partial charge in [-0.15, -0.1) is 11.8 Å². The number of benzene rings is 1. The fraction of sp³-hybridized carbons (Fsp3) is 0.211. The summed E-state index contributed by atoms with van der Waals surface area (Å²) in [6.07, 6.45) is 3.68. The zero-order valence-electron chi connectivity index (χ0n) is 14.0. The van der Waals surface area contributed by atoms with Crippen LogP contribution in [-0.2, 0) is 6.54 Å². The topological polar surface area (TPSA) is 47.2 Å². The second-order valence-electron chi connectivity index (χ2n) is 5.64. The Morgan fingerprint density at radius 2 is 2.04 bits per heavy atom. The molecule has 0 unspecified atom stereocenters. The minimum atomic E-state index is -0.0907. The third-order valence-corrected chi connectivity index (χ3v) is 4.77. The molecule has 1 amide bonds. The highest BCUT2D eigenvalue weighted by molar-refractivity contribution is 7.98. The lowest BCUT2D eigenvalue weighted by Crippen LogP contribution is -2.13. The zero-order chi connectivity index (χ0) is 17.1. The van der Waals surface area contributed by atoms with Crippen molar-refractivity contribution in [3.8, 4) is 0 Å². The molecule has 124 valence electrons. The molecule has 1 N–H and O–H groups in total. The number of anilines is 1. The van der Waals surface area contributed by atoms with Gasteiger partial charge in [0, 0.05) is 22.0 Å². The molecule has 0 atom stereocenters. The van der Waals surface area contributed by atoms with Gasteiger partial charge in [-0.1, -0.05) is 6.07 Å². The Labute approximate surface area is 145 Å². The molecule has 0 saturated carbocycles. The van der Waals surface area contributed by atoms with Crippen LogP contribution in [0.2, 0.25) is 0 Å². The van der Waals surface area contributed by atoms with Crippen LogP contribution in [0, 0.1) is 13.8 Å². The second-order valence-corrected chi connectivity index (χ2v) is 6.52. The SMILES string of the molecule is CSc1cccc(NC(=O)c2cc(C)n(Cc3ccco3)c2C)c1. The number of aryl methyl sites for hydroxylation is 1. The van der Waals surface area contributed by atoms with E-state index in [4.69, 9.17) is 4.42 Å². The Morgan fingerprint density at radius 1 is 1.21 bits per heavy atom. The fourth-order valence-electron chi connectivity index (χ4n) is 2.73. The first-order valence-corrected chi connectivity index (χ1v) is 8.95. The summed E-state index contributed by atoms with van der Waals surface area (Å²) in [6.45, 7) is 4.59. The summed E-state index contributed by atoms with van der Waals surface area (Å²) in [7, 11) is 0. The molecule has 2 heterocycles. The average molecular weight is 340 g/mol. The van der Waals surface area contributed by atoms with E-state index in [1.165, 1.54) is 0 Å². The molecule has 0 aliphatic heterocycles. The summed E-state index contributed by atoms with van der Waals surface area (Å²) in [5.41, 5.74) is 3.46. The second kappa shape index (κ2) is 7.01. The third-order valence-electron chi connectivity index (χ3n) is 4.04. The quantitative estimate of drug-likeness (QED) is 0.684. The van der Waals surface area contributed by atoms with Crippen molar-refractivity contribution in [1.29, 1.82) is 0 Å². The van der Waals surface area contributed by atoms with E-state index >= 15 is 0 Å². The van der Waals surface area contributed by atoms with Gasteiger partial charge in [0.2, 0.25) is 0 Å². The highest BCUT2D eigenvalue weighted by atomic mass is 32.2. The van der Waals surface area contributed by atoms with E-state index in [-0.39, 0.29) is 5.91 Å². The van der Waals surface area contributed by atoms with Gasteiger partial charge >= 0.3 is 0 Å². The van der Waals surface area contributed by atoms with Crippen LogP contribution in [0.5, 0.6) is 0 Å². The van der Waals surface area contributed by atoms with E-state index in [0.29, 0.717) is 12.1 Å². The number of amides is 1. The lowest BCUT2D eigenvalue weighted by molar-refractivity contribution is 0.102. The Hall–Kier alpha value is -2.40. The van der Waals surface area contributed by atoms with E-state index in [1.54, 1.807) is 18.0 Å². The smallest absolute Gasteiger partial charge is 0.257 e. The van der Waals surface area contributed by atoms with Crippen molar-refractivity contribution in [2.45, 2.75) is 25.3 Å². The Bertz CT molecular complexity index is 850. The maximum atomic E-state index is 12.6. The maximum absolute atomic E-state index is 12.6. The predicted octanol–water partition coefficient (Wildman–Crippen LogP) is 4.72. The molecule has 0 spiro atoms. The molecule has 0 radical (unpaired) electrons. The largest absolute Gasteiger partial charge is 0.467 e.